The average Bonchev–Trinajstić information content (AvgIpc) is 2.78. The first-order valence-electron chi connectivity index (χ1n) is 9.55. The number of nitrogen functional groups attached to an aromatic ring is 1. The Morgan fingerprint density at radius 2 is 1.97 bits per heavy atom. The number of hydrogen-bond donors (Lipinski definition) is 4. The summed E-state index contributed by atoms with van der Waals surface area (Å²) in [5.74, 6) is 0.126. The minimum absolute atomic E-state index is 0.164. The highest BCUT2D eigenvalue weighted by molar-refractivity contribution is 5.95. The molecule has 0 saturated heterocycles. The van der Waals surface area contributed by atoms with E-state index in [4.69, 9.17) is 5.73 Å². The van der Waals surface area contributed by atoms with Gasteiger partial charge in [-0.3, -0.25) is 10.2 Å². The summed E-state index contributed by atoms with van der Waals surface area (Å²) in [5.41, 5.74) is 15.2. The number of aldehydes is 1. The Morgan fingerprint density at radius 1 is 1.17 bits per heavy atom. The van der Waals surface area contributed by atoms with Gasteiger partial charge in [0.25, 0.3) is 5.91 Å². The Kier molecular flexibility index (Phi) is 7.20. The number of anilines is 1. The number of hydrogen-bond acceptors (Lipinski definition) is 7. The summed E-state index contributed by atoms with van der Waals surface area (Å²) < 4.78 is 0. The van der Waals surface area contributed by atoms with Gasteiger partial charge in [0, 0.05) is 17.7 Å². The molecule has 0 bridgehead atoms. The van der Waals surface area contributed by atoms with Gasteiger partial charge >= 0.3 is 0 Å². The summed E-state index contributed by atoms with van der Waals surface area (Å²) in [6, 6.07) is 16.6. The molecule has 5 N–H and O–H groups in total. The van der Waals surface area contributed by atoms with Crippen LogP contribution in [0.25, 0.3) is 11.3 Å². The van der Waals surface area contributed by atoms with Gasteiger partial charge in [0.15, 0.2) is 0 Å². The van der Waals surface area contributed by atoms with E-state index in [0.717, 1.165) is 17.4 Å². The topological polar surface area (TPSA) is 122 Å². The molecule has 1 aromatic heterocycles. The van der Waals surface area contributed by atoms with Crippen molar-refractivity contribution in [1.82, 2.24) is 26.1 Å². The Labute approximate surface area is 174 Å². The van der Waals surface area contributed by atoms with E-state index in [1.165, 1.54) is 0 Å². The van der Waals surface area contributed by atoms with E-state index in [9.17, 15) is 9.59 Å². The lowest BCUT2D eigenvalue weighted by Crippen LogP contribution is -2.36. The zero-order valence-corrected chi connectivity index (χ0v) is 16.6. The number of nitrogens with zero attached hydrogens (tertiary/aromatic N) is 2. The van der Waals surface area contributed by atoms with Gasteiger partial charge < -0.3 is 15.8 Å². The van der Waals surface area contributed by atoms with E-state index >= 15 is 0 Å². The smallest absolute Gasteiger partial charge is 0.251 e. The van der Waals surface area contributed by atoms with Gasteiger partial charge in [-0.25, -0.2) is 15.4 Å². The summed E-state index contributed by atoms with van der Waals surface area (Å²) in [6.45, 7) is 2.47. The molecule has 0 aliphatic heterocycles. The molecule has 8 nitrogen and oxygen atoms in total. The minimum Gasteiger partial charge on any atom is -0.382 e. The lowest BCUT2D eigenvalue weighted by Gasteiger charge is -2.16. The van der Waals surface area contributed by atoms with Crippen LogP contribution in [0.5, 0.6) is 0 Å². The number of aromatic nitrogens is 2. The quantitative estimate of drug-likeness (QED) is 0.244. The maximum Gasteiger partial charge on any atom is 0.251 e. The largest absolute Gasteiger partial charge is 0.382 e. The number of nitrogens with one attached hydrogen (secondary N) is 3. The van der Waals surface area contributed by atoms with Crippen molar-refractivity contribution in [1.29, 1.82) is 0 Å². The summed E-state index contributed by atoms with van der Waals surface area (Å²) >= 11 is 0. The number of benzene rings is 2. The van der Waals surface area contributed by atoms with Gasteiger partial charge in [-0.2, -0.15) is 0 Å². The van der Waals surface area contributed by atoms with Crippen LogP contribution in [0, 0.1) is 0 Å². The maximum atomic E-state index is 12.6. The summed E-state index contributed by atoms with van der Waals surface area (Å²) in [5, 5.41) is 2.92. The third kappa shape index (κ3) is 5.47. The Hall–Kier alpha value is -3.62. The van der Waals surface area contributed by atoms with Gasteiger partial charge in [-0.05, 0) is 24.6 Å². The van der Waals surface area contributed by atoms with Crippen molar-refractivity contribution < 1.29 is 9.59 Å². The maximum absolute atomic E-state index is 12.6. The molecule has 1 amide bonds. The predicted octanol–water partition coefficient (Wildman–Crippen LogP) is 2.01. The molecular formula is C22H24N6O2. The molecular weight excluding hydrogens is 380 g/mol. The van der Waals surface area contributed by atoms with Crippen molar-refractivity contribution in [2.75, 3.05) is 12.3 Å². The van der Waals surface area contributed by atoms with Gasteiger partial charge in [0.2, 0.25) is 0 Å². The van der Waals surface area contributed by atoms with Crippen molar-refractivity contribution >= 4 is 18.0 Å². The molecule has 3 aromatic rings. The third-order valence-corrected chi connectivity index (χ3v) is 4.46. The van der Waals surface area contributed by atoms with Crippen LogP contribution in [0.3, 0.4) is 0 Å². The first-order chi connectivity index (χ1) is 14.6. The van der Waals surface area contributed by atoms with Gasteiger partial charge in [0.1, 0.15) is 17.8 Å². The van der Waals surface area contributed by atoms with Crippen LogP contribution >= 0.6 is 0 Å². The fourth-order valence-corrected chi connectivity index (χ4v) is 2.89. The van der Waals surface area contributed by atoms with Crippen molar-refractivity contribution in [3.05, 3.63) is 77.6 Å². The third-order valence-electron chi connectivity index (χ3n) is 4.46. The molecule has 0 aliphatic carbocycles. The number of amides is 1. The van der Waals surface area contributed by atoms with Crippen LogP contribution in [0.2, 0.25) is 0 Å². The molecule has 0 fully saturated rings. The fraction of sp³-hybridized carbons (Fsp3) is 0.182. The average molecular weight is 404 g/mol. The lowest BCUT2D eigenvalue weighted by atomic mass is 10.1. The van der Waals surface area contributed by atoms with Crippen molar-refractivity contribution in [3.63, 3.8) is 0 Å². The van der Waals surface area contributed by atoms with E-state index in [2.05, 4.69) is 26.1 Å². The first kappa shape index (κ1) is 21.1. The van der Waals surface area contributed by atoms with E-state index < -0.39 is 0 Å². The Morgan fingerprint density at radius 3 is 2.73 bits per heavy atom. The van der Waals surface area contributed by atoms with Gasteiger partial charge in [-0.1, -0.05) is 42.5 Å². The first-order valence-corrected chi connectivity index (χ1v) is 9.55. The molecule has 1 heterocycles. The molecule has 3 rings (SSSR count). The Balaban J connectivity index is 1.75. The number of carbonyl (C=O) groups excluding carboxylic acids is 2. The van der Waals surface area contributed by atoms with E-state index in [1.54, 1.807) is 24.4 Å². The monoisotopic (exact) mass is 404 g/mol. The molecule has 30 heavy (non-hydrogen) atoms. The molecule has 0 saturated carbocycles. The van der Waals surface area contributed by atoms with E-state index in [1.807, 2.05) is 43.3 Å². The highest BCUT2D eigenvalue weighted by Crippen LogP contribution is 2.22. The second kappa shape index (κ2) is 10.2. The second-order valence-electron chi connectivity index (χ2n) is 6.69. The van der Waals surface area contributed by atoms with Crippen molar-refractivity contribution in [2.45, 2.75) is 19.5 Å². The van der Waals surface area contributed by atoms with Crippen LogP contribution in [0.15, 0.2) is 60.8 Å². The second-order valence-corrected chi connectivity index (χ2v) is 6.69. The zero-order chi connectivity index (χ0) is 21.3. The molecule has 0 spiro atoms. The molecule has 8 heteroatoms. The van der Waals surface area contributed by atoms with Crippen LogP contribution in [-0.2, 0) is 11.3 Å². The van der Waals surface area contributed by atoms with E-state index in [-0.39, 0.29) is 18.5 Å². The summed E-state index contributed by atoms with van der Waals surface area (Å²) in [6.07, 6.45) is 2.32. The molecule has 1 unspecified atom stereocenters. The lowest BCUT2D eigenvalue weighted by molar-refractivity contribution is -0.107. The molecule has 0 aliphatic rings. The van der Waals surface area contributed by atoms with Crippen molar-refractivity contribution in [2.24, 2.45) is 0 Å². The number of carbonyl (C=O) groups is 2. The van der Waals surface area contributed by atoms with Crippen LogP contribution < -0.4 is 21.9 Å². The summed E-state index contributed by atoms with van der Waals surface area (Å²) in [7, 11) is 0. The fourth-order valence-electron chi connectivity index (χ4n) is 2.89. The number of nitrogens with two attached hydrogens (primary N) is 1. The minimum atomic E-state index is -0.269. The van der Waals surface area contributed by atoms with E-state index in [0.29, 0.717) is 29.3 Å². The molecule has 154 valence electrons. The SMILES string of the molecule is CC(NNCC=O)c1nc(-c2cccc(C(=O)NCc3ccccc3)c2)cnc1N. The van der Waals surface area contributed by atoms with Gasteiger partial charge in [0.05, 0.1) is 24.5 Å². The van der Waals surface area contributed by atoms with Crippen LogP contribution in [0.4, 0.5) is 5.82 Å². The van der Waals surface area contributed by atoms with Crippen LogP contribution in [0.1, 0.15) is 34.6 Å². The summed E-state index contributed by atoms with van der Waals surface area (Å²) in [4.78, 5) is 31.9. The normalized spacial score (nSPS) is 11.6. The Bertz CT molecular complexity index is 1010. The van der Waals surface area contributed by atoms with Gasteiger partial charge in [-0.15, -0.1) is 0 Å². The highest BCUT2D eigenvalue weighted by Gasteiger charge is 2.14. The predicted molar refractivity (Wildman–Crippen MR) is 115 cm³/mol. The number of rotatable bonds is 9. The zero-order valence-electron chi connectivity index (χ0n) is 16.6. The highest BCUT2D eigenvalue weighted by atomic mass is 16.1. The standard InChI is InChI=1S/C22H24N6O2/c1-15(28-26-10-11-29)20-21(23)24-14-19(27-20)17-8-5-9-18(12-17)22(30)25-13-16-6-3-2-4-7-16/h2-9,11-12,14-15,26,28H,10,13H2,1H3,(H2,23,24)(H,25,30). The number of hydrazine groups is 1. The molecule has 1 atom stereocenters. The molecule has 0 radical (unpaired) electrons. The molecule has 2 aromatic carbocycles. The van der Waals surface area contributed by atoms with Crippen LogP contribution in [-0.4, -0.2) is 28.7 Å². The van der Waals surface area contributed by atoms with Crippen molar-refractivity contribution in [3.8, 4) is 11.3 Å².